The number of ether oxygens (including phenoxy) is 3. The Morgan fingerprint density at radius 1 is 1.15 bits per heavy atom. The SMILES string of the molecule is COC(C)OCOc1ccc(C(C)=O)cc1C12CC3CC(CC(C3)C1)C2. The average Bonchev–Trinajstić information content (AvgIpc) is 2.60. The summed E-state index contributed by atoms with van der Waals surface area (Å²) in [6.45, 7) is 3.65. The van der Waals surface area contributed by atoms with E-state index in [4.69, 9.17) is 14.2 Å². The van der Waals surface area contributed by atoms with Crippen molar-refractivity contribution >= 4 is 5.78 Å². The van der Waals surface area contributed by atoms with Crippen LogP contribution in [-0.4, -0.2) is 26.0 Å². The molecule has 5 rings (SSSR count). The van der Waals surface area contributed by atoms with Crippen LogP contribution in [0.15, 0.2) is 18.2 Å². The highest BCUT2D eigenvalue weighted by Crippen LogP contribution is 2.61. The Hall–Kier alpha value is -1.39. The first-order valence-corrected chi connectivity index (χ1v) is 9.92. The molecule has 142 valence electrons. The lowest BCUT2D eigenvalue weighted by molar-refractivity contribution is -0.150. The Balaban J connectivity index is 1.64. The van der Waals surface area contributed by atoms with Gasteiger partial charge in [-0.05, 0) is 93.7 Å². The van der Waals surface area contributed by atoms with Crippen LogP contribution in [0.1, 0.15) is 68.3 Å². The monoisotopic (exact) mass is 358 g/mol. The second-order valence-electron chi connectivity index (χ2n) is 8.70. The van der Waals surface area contributed by atoms with Crippen molar-refractivity contribution in [3.8, 4) is 5.75 Å². The van der Waals surface area contributed by atoms with E-state index in [2.05, 4.69) is 6.07 Å². The van der Waals surface area contributed by atoms with Gasteiger partial charge in [-0.25, -0.2) is 0 Å². The topological polar surface area (TPSA) is 44.8 Å². The maximum atomic E-state index is 12.0. The summed E-state index contributed by atoms with van der Waals surface area (Å²) < 4.78 is 16.7. The van der Waals surface area contributed by atoms with Gasteiger partial charge in [0, 0.05) is 18.2 Å². The second-order valence-corrected chi connectivity index (χ2v) is 8.70. The van der Waals surface area contributed by atoms with Crippen LogP contribution in [0.4, 0.5) is 0 Å². The van der Waals surface area contributed by atoms with Gasteiger partial charge in [0.25, 0.3) is 0 Å². The second kappa shape index (κ2) is 6.97. The molecule has 4 aliphatic rings. The normalized spacial score (nSPS) is 33.3. The van der Waals surface area contributed by atoms with Crippen molar-refractivity contribution < 1.29 is 19.0 Å². The summed E-state index contributed by atoms with van der Waals surface area (Å²) >= 11 is 0. The Bertz CT molecular complexity index is 645. The van der Waals surface area contributed by atoms with Crippen molar-refractivity contribution in [1.29, 1.82) is 0 Å². The summed E-state index contributed by atoms with van der Waals surface area (Å²) in [6, 6.07) is 5.94. The zero-order valence-electron chi connectivity index (χ0n) is 16.1. The number of ketones is 1. The molecule has 0 aliphatic heterocycles. The third-order valence-electron chi connectivity index (χ3n) is 6.84. The van der Waals surface area contributed by atoms with E-state index in [1.165, 1.54) is 44.1 Å². The first-order chi connectivity index (χ1) is 12.5. The summed E-state index contributed by atoms with van der Waals surface area (Å²) in [4.78, 5) is 12.0. The minimum absolute atomic E-state index is 0.117. The van der Waals surface area contributed by atoms with Gasteiger partial charge in [0.15, 0.2) is 18.9 Å². The molecular weight excluding hydrogens is 328 g/mol. The van der Waals surface area contributed by atoms with Crippen molar-refractivity contribution in [3.05, 3.63) is 29.3 Å². The van der Waals surface area contributed by atoms with Crippen molar-refractivity contribution in [2.45, 2.75) is 64.1 Å². The Labute approximate surface area is 156 Å². The molecule has 4 fully saturated rings. The van der Waals surface area contributed by atoms with Crippen LogP contribution in [-0.2, 0) is 14.9 Å². The number of methoxy groups -OCH3 is 1. The van der Waals surface area contributed by atoms with Gasteiger partial charge in [0.1, 0.15) is 5.75 Å². The van der Waals surface area contributed by atoms with Gasteiger partial charge < -0.3 is 14.2 Å². The predicted octanol–water partition coefficient (Wildman–Crippen LogP) is 4.70. The summed E-state index contributed by atoms with van der Waals surface area (Å²) in [6.07, 6.45) is 7.63. The zero-order chi connectivity index (χ0) is 18.3. The summed E-state index contributed by atoms with van der Waals surface area (Å²) in [5.74, 6) is 3.53. The van der Waals surface area contributed by atoms with Gasteiger partial charge >= 0.3 is 0 Å². The molecule has 4 aliphatic carbocycles. The molecule has 0 amide bonds. The summed E-state index contributed by atoms with van der Waals surface area (Å²) in [7, 11) is 1.62. The van der Waals surface area contributed by atoms with E-state index >= 15 is 0 Å². The third kappa shape index (κ3) is 3.29. The van der Waals surface area contributed by atoms with Crippen LogP contribution in [0, 0.1) is 17.8 Å². The molecule has 1 aromatic carbocycles. The van der Waals surface area contributed by atoms with Crippen molar-refractivity contribution in [2.75, 3.05) is 13.9 Å². The predicted molar refractivity (Wildman–Crippen MR) is 99.3 cm³/mol. The molecule has 1 atom stereocenters. The third-order valence-corrected chi connectivity index (χ3v) is 6.84. The standard InChI is InChI=1S/C22H30O4/c1-14(23)19-4-5-21(26-13-25-15(2)24-3)20(9-19)22-10-16-6-17(11-22)8-18(7-16)12-22/h4-5,9,15-18H,6-8,10-13H2,1-3H3. The lowest BCUT2D eigenvalue weighted by Gasteiger charge is -2.57. The Morgan fingerprint density at radius 3 is 2.31 bits per heavy atom. The van der Waals surface area contributed by atoms with Gasteiger partial charge in [-0.3, -0.25) is 4.79 Å². The molecule has 0 aromatic heterocycles. The Morgan fingerprint density at radius 2 is 1.77 bits per heavy atom. The molecule has 4 bridgehead atoms. The van der Waals surface area contributed by atoms with Crippen LogP contribution in [0.25, 0.3) is 0 Å². The van der Waals surface area contributed by atoms with Crippen LogP contribution in [0.3, 0.4) is 0 Å². The van der Waals surface area contributed by atoms with Crippen molar-refractivity contribution in [3.63, 3.8) is 0 Å². The van der Waals surface area contributed by atoms with E-state index in [1.54, 1.807) is 14.0 Å². The number of hydrogen-bond acceptors (Lipinski definition) is 4. The van der Waals surface area contributed by atoms with E-state index < -0.39 is 0 Å². The van der Waals surface area contributed by atoms with Crippen LogP contribution >= 0.6 is 0 Å². The molecule has 0 saturated heterocycles. The fraction of sp³-hybridized carbons (Fsp3) is 0.682. The molecule has 0 N–H and O–H groups in total. The van der Waals surface area contributed by atoms with E-state index in [1.807, 2.05) is 19.1 Å². The number of rotatable bonds is 7. The molecule has 4 saturated carbocycles. The summed E-state index contributed by atoms with van der Waals surface area (Å²) in [5.41, 5.74) is 2.20. The first-order valence-electron chi connectivity index (χ1n) is 9.92. The smallest absolute Gasteiger partial charge is 0.191 e. The average molecular weight is 358 g/mol. The molecule has 0 heterocycles. The fourth-order valence-electron chi connectivity index (χ4n) is 5.99. The van der Waals surface area contributed by atoms with Crippen molar-refractivity contribution in [1.82, 2.24) is 0 Å². The number of carbonyl (C=O) groups is 1. The zero-order valence-corrected chi connectivity index (χ0v) is 16.1. The van der Waals surface area contributed by atoms with Gasteiger partial charge in [-0.1, -0.05) is 0 Å². The lowest BCUT2D eigenvalue weighted by atomic mass is 9.48. The number of benzene rings is 1. The fourth-order valence-corrected chi connectivity index (χ4v) is 5.99. The minimum Gasteiger partial charge on any atom is -0.467 e. The molecule has 4 nitrogen and oxygen atoms in total. The molecule has 1 aromatic rings. The summed E-state index contributed by atoms with van der Waals surface area (Å²) in [5, 5.41) is 0. The maximum Gasteiger partial charge on any atom is 0.191 e. The molecule has 0 spiro atoms. The molecule has 0 radical (unpaired) electrons. The van der Waals surface area contributed by atoms with E-state index in [0.29, 0.717) is 0 Å². The van der Waals surface area contributed by atoms with Crippen LogP contribution in [0.2, 0.25) is 0 Å². The lowest BCUT2D eigenvalue weighted by Crippen LogP contribution is -2.48. The highest BCUT2D eigenvalue weighted by molar-refractivity contribution is 5.94. The minimum atomic E-state index is -0.297. The Kier molecular flexibility index (Phi) is 4.83. The molecular formula is C22H30O4. The quantitative estimate of drug-likeness (QED) is 0.523. The van der Waals surface area contributed by atoms with Gasteiger partial charge in [-0.2, -0.15) is 0 Å². The highest BCUT2D eigenvalue weighted by Gasteiger charge is 2.52. The number of hydrogen-bond donors (Lipinski definition) is 0. The molecule has 26 heavy (non-hydrogen) atoms. The van der Waals surface area contributed by atoms with Gasteiger partial charge in [0.2, 0.25) is 0 Å². The van der Waals surface area contributed by atoms with E-state index in [0.717, 1.165) is 29.1 Å². The highest BCUT2D eigenvalue weighted by atomic mass is 16.7. The van der Waals surface area contributed by atoms with Crippen LogP contribution in [0.5, 0.6) is 5.75 Å². The van der Waals surface area contributed by atoms with Gasteiger partial charge in [-0.15, -0.1) is 0 Å². The maximum absolute atomic E-state index is 12.0. The van der Waals surface area contributed by atoms with Crippen molar-refractivity contribution in [2.24, 2.45) is 17.8 Å². The van der Waals surface area contributed by atoms with E-state index in [-0.39, 0.29) is 24.3 Å². The van der Waals surface area contributed by atoms with E-state index in [9.17, 15) is 4.79 Å². The number of carbonyl (C=O) groups excluding carboxylic acids is 1. The molecule has 4 heteroatoms. The first kappa shape index (κ1) is 18.0. The van der Waals surface area contributed by atoms with Crippen LogP contribution < -0.4 is 4.74 Å². The largest absolute Gasteiger partial charge is 0.467 e. The van der Waals surface area contributed by atoms with Gasteiger partial charge in [0.05, 0.1) is 0 Å². The molecule has 1 unspecified atom stereocenters. The number of Topliss-reactive ketones (excluding diaryl/α,β-unsaturated/α-hetero) is 1.